The fourth-order valence-corrected chi connectivity index (χ4v) is 2.32. The Kier molecular flexibility index (Phi) is 3.95. The van der Waals surface area contributed by atoms with Crippen LogP contribution < -0.4 is 9.47 Å². The second-order valence-corrected chi connectivity index (χ2v) is 4.70. The summed E-state index contributed by atoms with van der Waals surface area (Å²) in [6.45, 7) is 2.85. The van der Waals surface area contributed by atoms with E-state index in [0.717, 1.165) is 5.56 Å². The summed E-state index contributed by atoms with van der Waals surface area (Å²) < 4.78 is 10.5. The van der Waals surface area contributed by atoms with Crippen LogP contribution in [0.2, 0.25) is 0 Å². The molecule has 0 radical (unpaired) electrons. The van der Waals surface area contributed by atoms with E-state index < -0.39 is 6.10 Å². The average Bonchev–Trinajstić information content (AvgIpc) is 2.85. The van der Waals surface area contributed by atoms with Crippen molar-refractivity contribution in [1.29, 1.82) is 0 Å². The van der Waals surface area contributed by atoms with Gasteiger partial charge in [0.05, 0.1) is 20.3 Å². The third-order valence-electron chi connectivity index (χ3n) is 3.45. The number of aliphatic hydroxyl groups is 1. The van der Waals surface area contributed by atoms with Crippen molar-refractivity contribution in [3.63, 3.8) is 0 Å². The highest BCUT2D eigenvalue weighted by atomic mass is 16.5. The summed E-state index contributed by atoms with van der Waals surface area (Å²) in [7, 11) is 3.13. The van der Waals surface area contributed by atoms with Gasteiger partial charge >= 0.3 is 0 Å². The fourth-order valence-electron chi connectivity index (χ4n) is 2.32. The molecule has 1 aliphatic heterocycles. The monoisotopic (exact) mass is 265 g/mol. The molecule has 0 bridgehead atoms. The van der Waals surface area contributed by atoms with Gasteiger partial charge in [0, 0.05) is 24.2 Å². The first-order chi connectivity index (χ1) is 9.06. The SMILES string of the molecule is COc1cc(C(=O)N2CC[C@H](O)C2)cc(OC)c1C. The van der Waals surface area contributed by atoms with Crippen LogP contribution in [0.3, 0.4) is 0 Å². The minimum absolute atomic E-state index is 0.104. The smallest absolute Gasteiger partial charge is 0.254 e. The first-order valence-electron chi connectivity index (χ1n) is 6.26. The van der Waals surface area contributed by atoms with Crippen molar-refractivity contribution < 1.29 is 19.4 Å². The van der Waals surface area contributed by atoms with E-state index in [-0.39, 0.29) is 5.91 Å². The number of amides is 1. The van der Waals surface area contributed by atoms with Gasteiger partial charge in [-0.15, -0.1) is 0 Å². The van der Waals surface area contributed by atoms with Gasteiger partial charge in [0.15, 0.2) is 0 Å². The first-order valence-corrected chi connectivity index (χ1v) is 6.26. The molecule has 104 valence electrons. The first kappa shape index (κ1) is 13.7. The molecule has 5 heteroatoms. The maximum absolute atomic E-state index is 12.3. The van der Waals surface area contributed by atoms with Crippen molar-refractivity contribution in [2.75, 3.05) is 27.3 Å². The second-order valence-electron chi connectivity index (χ2n) is 4.70. The van der Waals surface area contributed by atoms with Gasteiger partial charge in [0.1, 0.15) is 11.5 Å². The van der Waals surface area contributed by atoms with Gasteiger partial charge in [-0.25, -0.2) is 0 Å². The van der Waals surface area contributed by atoms with Crippen LogP contribution in [-0.4, -0.2) is 49.3 Å². The van der Waals surface area contributed by atoms with E-state index in [1.807, 2.05) is 6.92 Å². The average molecular weight is 265 g/mol. The summed E-state index contributed by atoms with van der Waals surface area (Å²) in [6, 6.07) is 3.43. The number of aliphatic hydroxyl groups excluding tert-OH is 1. The number of carbonyl (C=O) groups is 1. The lowest BCUT2D eigenvalue weighted by molar-refractivity contribution is 0.0764. The molecule has 5 nitrogen and oxygen atoms in total. The van der Waals surface area contributed by atoms with Crippen LogP contribution in [0.5, 0.6) is 11.5 Å². The number of ether oxygens (including phenoxy) is 2. The Morgan fingerprint density at radius 3 is 2.32 bits per heavy atom. The maximum Gasteiger partial charge on any atom is 0.254 e. The molecule has 1 amide bonds. The molecule has 1 aromatic rings. The maximum atomic E-state index is 12.3. The van der Waals surface area contributed by atoms with Crippen molar-refractivity contribution in [1.82, 2.24) is 4.90 Å². The molecule has 1 fully saturated rings. The standard InChI is InChI=1S/C14H19NO4/c1-9-12(18-2)6-10(7-13(9)19-3)14(17)15-5-4-11(16)8-15/h6-7,11,16H,4-5,8H2,1-3H3/t11-/m0/s1. The highest BCUT2D eigenvalue weighted by molar-refractivity contribution is 5.95. The number of β-amino-alcohol motifs (C(OH)–C–C–N with tert-alkyl or cyclic N) is 1. The largest absolute Gasteiger partial charge is 0.496 e. The van der Waals surface area contributed by atoms with Crippen LogP contribution in [0.25, 0.3) is 0 Å². The van der Waals surface area contributed by atoms with Gasteiger partial charge in [-0.2, -0.15) is 0 Å². The highest BCUT2D eigenvalue weighted by Gasteiger charge is 2.26. The Balaban J connectivity index is 2.31. The summed E-state index contributed by atoms with van der Waals surface area (Å²) >= 11 is 0. The molecule has 1 aliphatic rings. The summed E-state index contributed by atoms with van der Waals surface area (Å²) in [4.78, 5) is 14.0. The van der Waals surface area contributed by atoms with Crippen LogP contribution in [0, 0.1) is 6.92 Å². The van der Waals surface area contributed by atoms with E-state index in [1.165, 1.54) is 0 Å². The highest BCUT2D eigenvalue weighted by Crippen LogP contribution is 2.30. The van der Waals surface area contributed by atoms with Crippen molar-refractivity contribution in [3.8, 4) is 11.5 Å². The predicted octanol–water partition coefficient (Wildman–Crippen LogP) is 1.22. The van der Waals surface area contributed by atoms with Gasteiger partial charge < -0.3 is 19.5 Å². The van der Waals surface area contributed by atoms with E-state index >= 15 is 0 Å². The molecular formula is C14H19NO4. The number of rotatable bonds is 3. The van der Waals surface area contributed by atoms with Crippen molar-refractivity contribution >= 4 is 5.91 Å². The Bertz CT molecular complexity index is 461. The molecule has 1 heterocycles. The molecule has 1 atom stereocenters. The molecule has 0 saturated carbocycles. The van der Waals surface area contributed by atoms with E-state index in [9.17, 15) is 9.90 Å². The minimum Gasteiger partial charge on any atom is -0.496 e. The normalized spacial score (nSPS) is 18.5. The molecule has 1 aromatic carbocycles. The Labute approximate surface area is 112 Å². The molecule has 19 heavy (non-hydrogen) atoms. The molecule has 0 spiro atoms. The third-order valence-corrected chi connectivity index (χ3v) is 3.45. The van der Waals surface area contributed by atoms with E-state index in [0.29, 0.717) is 36.6 Å². The predicted molar refractivity (Wildman–Crippen MR) is 70.8 cm³/mol. The molecule has 2 rings (SSSR count). The van der Waals surface area contributed by atoms with Gasteiger partial charge in [-0.1, -0.05) is 0 Å². The topological polar surface area (TPSA) is 59.0 Å². The number of carbonyl (C=O) groups excluding carboxylic acids is 1. The summed E-state index contributed by atoms with van der Waals surface area (Å²) in [5, 5.41) is 9.50. The Morgan fingerprint density at radius 2 is 1.89 bits per heavy atom. The van der Waals surface area contributed by atoms with Crippen LogP contribution >= 0.6 is 0 Å². The van der Waals surface area contributed by atoms with E-state index in [4.69, 9.17) is 9.47 Å². The van der Waals surface area contributed by atoms with Crippen molar-refractivity contribution in [3.05, 3.63) is 23.3 Å². The number of nitrogens with zero attached hydrogens (tertiary/aromatic N) is 1. The van der Waals surface area contributed by atoms with Crippen LogP contribution in [0.15, 0.2) is 12.1 Å². The molecule has 1 N–H and O–H groups in total. The van der Waals surface area contributed by atoms with Gasteiger partial charge in [-0.05, 0) is 25.5 Å². The summed E-state index contributed by atoms with van der Waals surface area (Å²) in [6.07, 6.45) is 0.212. The van der Waals surface area contributed by atoms with Crippen molar-refractivity contribution in [2.24, 2.45) is 0 Å². The van der Waals surface area contributed by atoms with Crippen LogP contribution in [0.1, 0.15) is 22.3 Å². The summed E-state index contributed by atoms with van der Waals surface area (Å²) in [5.41, 5.74) is 1.39. The number of hydrogen-bond donors (Lipinski definition) is 1. The molecule has 0 unspecified atom stereocenters. The number of hydrogen-bond acceptors (Lipinski definition) is 4. The zero-order chi connectivity index (χ0) is 14.0. The van der Waals surface area contributed by atoms with Gasteiger partial charge in [-0.3, -0.25) is 4.79 Å². The second kappa shape index (κ2) is 5.48. The lowest BCUT2D eigenvalue weighted by atomic mass is 10.1. The van der Waals surface area contributed by atoms with Crippen molar-refractivity contribution in [2.45, 2.75) is 19.4 Å². The Hall–Kier alpha value is -1.75. The fraction of sp³-hybridized carbons (Fsp3) is 0.500. The number of methoxy groups -OCH3 is 2. The van der Waals surface area contributed by atoms with Gasteiger partial charge in [0.2, 0.25) is 0 Å². The molecule has 0 aliphatic carbocycles. The lowest BCUT2D eigenvalue weighted by Crippen LogP contribution is -2.29. The van der Waals surface area contributed by atoms with E-state index in [2.05, 4.69) is 0 Å². The van der Waals surface area contributed by atoms with Crippen LogP contribution in [-0.2, 0) is 0 Å². The quantitative estimate of drug-likeness (QED) is 0.892. The number of likely N-dealkylation sites (tertiary alicyclic amines) is 1. The third kappa shape index (κ3) is 2.66. The zero-order valence-electron chi connectivity index (χ0n) is 11.5. The molecular weight excluding hydrogens is 246 g/mol. The molecule has 1 saturated heterocycles. The molecule has 0 aromatic heterocycles. The zero-order valence-corrected chi connectivity index (χ0v) is 11.5. The van der Waals surface area contributed by atoms with Crippen LogP contribution in [0.4, 0.5) is 0 Å². The van der Waals surface area contributed by atoms with Gasteiger partial charge in [0.25, 0.3) is 5.91 Å². The lowest BCUT2D eigenvalue weighted by Gasteiger charge is -2.18. The number of benzene rings is 1. The Morgan fingerprint density at radius 1 is 1.32 bits per heavy atom. The summed E-state index contributed by atoms with van der Waals surface area (Å²) in [5.74, 6) is 1.15. The minimum atomic E-state index is -0.418. The van der Waals surface area contributed by atoms with E-state index in [1.54, 1.807) is 31.3 Å².